The van der Waals surface area contributed by atoms with Crippen molar-refractivity contribution in [2.24, 2.45) is 11.1 Å². The molecule has 132 valence electrons. The first-order valence-electron chi connectivity index (χ1n) is 7.79. The van der Waals surface area contributed by atoms with Gasteiger partial charge in [-0.1, -0.05) is 38.1 Å². The number of primary sulfonamides is 1. The van der Waals surface area contributed by atoms with E-state index in [1.54, 1.807) is 0 Å². The van der Waals surface area contributed by atoms with E-state index >= 15 is 0 Å². The number of nitrogens with zero attached hydrogens (tertiary/aromatic N) is 4. The lowest BCUT2D eigenvalue weighted by atomic mass is 10.0. The SMILES string of the molecule is CC(C)Cc1cc(-c2ccccc2Cn2ncnn2)c(S(N)(=O)=O)s1. The summed E-state index contributed by atoms with van der Waals surface area (Å²) in [5, 5.41) is 17.1. The summed E-state index contributed by atoms with van der Waals surface area (Å²) in [5.74, 6) is 0.425. The van der Waals surface area contributed by atoms with Crippen LogP contribution in [-0.2, 0) is 23.0 Å². The van der Waals surface area contributed by atoms with Gasteiger partial charge in [-0.2, -0.15) is 4.80 Å². The molecule has 7 nitrogen and oxygen atoms in total. The second kappa shape index (κ2) is 7.03. The van der Waals surface area contributed by atoms with Crippen LogP contribution < -0.4 is 5.14 Å². The highest BCUT2D eigenvalue weighted by atomic mass is 32.2. The first-order valence-corrected chi connectivity index (χ1v) is 10.2. The Morgan fingerprint density at radius 3 is 2.64 bits per heavy atom. The molecule has 2 N–H and O–H groups in total. The molecule has 9 heteroatoms. The van der Waals surface area contributed by atoms with Crippen molar-refractivity contribution in [3.05, 3.63) is 47.1 Å². The van der Waals surface area contributed by atoms with E-state index < -0.39 is 10.0 Å². The van der Waals surface area contributed by atoms with Crippen molar-refractivity contribution < 1.29 is 8.42 Å². The molecule has 0 aliphatic carbocycles. The summed E-state index contributed by atoms with van der Waals surface area (Å²) >= 11 is 1.24. The third-order valence-electron chi connectivity index (χ3n) is 3.63. The van der Waals surface area contributed by atoms with Gasteiger partial charge in [0.15, 0.2) is 6.33 Å². The molecule has 2 aromatic heterocycles. The quantitative estimate of drug-likeness (QED) is 0.710. The predicted molar refractivity (Wildman–Crippen MR) is 96.6 cm³/mol. The maximum absolute atomic E-state index is 12.1. The van der Waals surface area contributed by atoms with Crippen molar-refractivity contribution in [1.29, 1.82) is 0 Å². The summed E-state index contributed by atoms with van der Waals surface area (Å²) in [5.41, 5.74) is 2.35. The van der Waals surface area contributed by atoms with Gasteiger partial charge in [0, 0.05) is 10.4 Å². The molecule has 1 aromatic carbocycles. The number of rotatable bonds is 6. The highest BCUT2D eigenvalue weighted by molar-refractivity contribution is 7.91. The molecule has 0 fully saturated rings. The Hall–Kier alpha value is -2.10. The van der Waals surface area contributed by atoms with Crippen molar-refractivity contribution >= 4 is 21.4 Å². The number of sulfonamides is 1. The van der Waals surface area contributed by atoms with Gasteiger partial charge in [0.25, 0.3) is 0 Å². The molecule has 3 aromatic rings. The number of aromatic nitrogens is 4. The van der Waals surface area contributed by atoms with E-state index in [1.165, 1.54) is 22.5 Å². The number of nitrogens with two attached hydrogens (primary N) is 1. The van der Waals surface area contributed by atoms with Gasteiger partial charge in [-0.3, -0.25) is 0 Å². The third kappa shape index (κ3) is 4.12. The molecule has 0 unspecified atom stereocenters. The van der Waals surface area contributed by atoms with Crippen LogP contribution >= 0.6 is 11.3 Å². The fourth-order valence-electron chi connectivity index (χ4n) is 2.66. The standard InChI is InChI=1S/C16H19N5O2S2/c1-11(2)7-13-8-15(16(24-13)25(17,22)23)14-6-4-3-5-12(14)9-21-19-10-18-20-21/h3-6,8,10-11H,7,9H2,1-2H3,(H2,17,22,23). The molecule has 0 bridgehead atoms. The Kier molecular flexibility index (Phi) is 4.98. The topological polar surface area (TPSA) is 104 Å². The zero-order valence-electron chi connectivity index (χ0n) is 14.0. The molecule has 0 atom stereocenters. The van der Waals surface area contributed by atoms with Gasteiger partial charge in [-0.05, 0) is 34.7 Å². The van der Waals surface area contributed by atoms with Gasteiger partial charge < -0.3 is 0 Å². The van der Waals surface area contributed by atoms with Crippen LogP contribution in [0.25, 0.3) is 11.1 Å². The second-order valence-corrected chi connectivity index (χ2v) is 9.07. The zero-order valence-corrected chi connectivity index (χ0v) is 15.6. The molecule has 0 radical (unpaired) electrons. The average molecular weight is 377 g/mol. The van der Waals surface area contributed by atoms with Crippen molar-refractivity contribution in [1.82, 2.24) is 20.2 Å². The van der Waals surface area contributed by atoms with Gasteiger partial charge >= 0.3 is 0 Å². The summed E-state index contributed by atoms with van der Waals surface area (Å²) in [7, 11) is -3.81. The van der Waals surface area contributed by atoms with E-state index in [1.807, 2.05) is 30.3 Å². The Morgan fingerprint density at radius 1 is 1.24 bits per heavy atom. The van der Waals surface area contributed by atoms with Gasteiger partial charge in [-0.25, -0.2) is 13.6 Å². The molecule has 2 heterocycles. The molecule has 0 spiro atoms. The van der Waals surface area contributed by atoms with Gasteiger partial charge in [0.2, 0.25) is 10.0 Å². The Labute approximate surface area is 150 Å². The van der Waals surface area contributed by atoms with Gasteiger partial charge in [0.05, 0.1) is 6.54 Å². The zero-order chi connectivity index (χ0) is 18.0. The molecule has 0 saturated heterocycles. The summed E-state index contributed by atoms with van der Waals surface area (Å²) in [6, 6.07) is 9.51. The van der Waals surface area contributed by atoms with Crippen LogP contribution in [0.4, 0.5) is 0 Å². The lowest BCUT2D eigenvalue weighted by Crippen LogP contribution is -2.12. The second-order valence-electron chi connectivity index (χ2n) is 6.18. The molecular formula is C16H19N5O2S2. The Morgan fingerprint density at radius 2 is 2.00 bits per heavy atom. The average Bonchev–Trinajstić information content (AvgIpc) is 3.16. The monoisotopic (exact) mass is 377 g/mol. The summed E-state index contributed by atoms with van der Waals surface area (Å²) in [4.78, 5) is 2.46. The fourth-order valence-corrected chi connectivity index (χ4v) is 5.03. The number of hydrogen-bond acceptors (Lipinski definition) is 6. The third-order valence-corrected chi connectivity index (χ3v) is 6.26. The minimum absolute atomic E-state index is 0.196. The highest BCUT2D eigenvalue weighted by Crippen LogP contribution is 2.37. The van der Waals surface area contributed by atoms with Crippen molar-refractivity contribution in [3.8, 4) is 11.1 Å². The van der Waals surface area contributed by atoms with Crippen LogP contribution in [0, 0.1) is 5.92 Å². The predicted octanol–water partition coefficient (Wildman–Crippen LogP) is 2.30. The van der Waals surface area contributed by atoms with Crippen LogP contribution in [0.15, 0.2) is 40.9 Å². The minimum atomic E-state index is -3.81. The molecule has 0 aliphatic rings. The van der Waals surface area contributed by atoms with E-state index in [9.17, 15) is 8.42 Å². The Bertz CT molecular complexity index is 962. The van der Waals surface area contributed by atoms with E-state index in [0.29, 0.717) is 18.0 Å². The lowest BCUT2D eigenvalue weighted by molar-refractivity contribution is 0.573. The molecule has 0 amide bonds. The van der Waals surface area contributed by atoms with E-state index in [4.69, 9.17) is 5.14 Å². The van der Waals surface area contributed by atoms with Crippen molar-refractivity contribution in [3.63, 3.8) is 0 Å². The van der Waals surface area contributed by atoms with Crippen LogP contribution in [-0.4, -0.2) is 28.6 Å². The van der Waals surface area contributed by atoms with Crippen LogP contribution in [0.2, 0.25) is 0 Å². The Balaban J connectivity index is 2.11. The number of hydrogen-bond donors (Lipinski definition) is 1. The summed E-state index contributed by atoms with van der Waals surface area (Å²) < 4.78 is 24.4. The normalized spacial score (nSPS) is 12.0. The van der Waals surface area contributed by atoms with Gasteiger partial charge in [0.1, 0.15) is 4.21 Å². The smallest absolute Gasteiger partial charge is 0.224 e. The summed E-state index contributed by atoms with van der Waals surface area (Å²) in [6.45, 7) is 4.59. The van der Waals surface area contributed by atoms with E-state index in [0.717, 1.165) is 22.4 Å². The molecule has 3 rings (SSSR count). The van der Waals surface area contributed by atoms with Crippen molar-refractivity contribution in [2.45, 2.75) is 31.0 Å². The van der Waals surface area contributed by atoms with Crippen LogP contribution in [0.5, 0.6) is 0 Å². The molecule has 0 saturated carbocycles. The van der Waals surface area contributed by atoms with Crippen LogP contribution in [0.1, 0.15) is 24.3 Å². The van der Waals surface area contributed by atoms with E-state index in [2.05, 4.69) is 29.3 Å². The number of benzene rings is 1. The fraction of sp³-hybridized carbons (Fsp3) is 0.312. The molecule has 0 aliphatic heterocycles. The summed E-state index contributed by atoms with van der Waals surface area (Å²) in [6.07, 6.45) is 2.17. The first kappa shape index (κ1) is 17.7. The van der Waals surface area contributed by atoms with Crippen LogP contribution in [0.3, 0.4) is 0 Å². The molecule has 25 heavy (non-hydrogen) atoms. The van der Waals surface area contributed by atoms with Gasteiger partial charge in [-0.15, -0.1) is 21.5 Å². The van der Waals surface area contributed by atoms with Crippen molar-refractivity contribution in [2.75, 3.05) is 0 Å². The minimum Gasteiger partial charge on any atom is -0.224 e. The number of tetrazole rings is 1. The van der Waals surface area contributed by atoms with E-state index in [-0.39, 0.29) is 4.21 Å². The maximum atomic E-state index is 12.1. The highest BCUT2D eigenvalue weighted by Gasteiger charge is 2.22. The largest absolute Gasteiger partial charge is 0.248 e. The maximum Gasteiger partial charge on any atom is 0.248 e. The number of thiophene rings is 1. The molecular weight excluding hydrogens is 358 g/mol. The lowest BCUT2D eigenvalue weighted by Gasteiger charge is -2.09. The first-order chi connectivity index (χ1) is 11.8.